The van der Waals surface area contributed by atoms with Gasteiger partial charge in [0.25, 0.3) is 0 Å². The Labute approximate surface area is 309 Å². The summed E-state index contributed by atoms with van der Waals surface area (Å²) in [5.74, 6) is 1.62. The molecule has 254 valence electrons. The molecule has 0 heterocycles. The molecule has 0 aromatic heterocycles. The van der Waals surface area contributed by atoms with Crippen LogP contribution in [0.25, 0.3) is 0 Å². The summed E-state index contributed by atoms with van der Waals surface area (Å²) in [4.78, 5) is 0. The Kier molecular flexibility index (Phi) is 6.55. The smallest absolute Gasteiger partial charge is 0.0202 e. The molecule has 12 rings (SSSR count). The van der Waals surface area contributed by atoms with Gasteiger partial charge in [-0.05, 0) is 177 Å². The van der Waals surface area contributed by atoms with Gasteiger partial charge in [0.1, 0.15) is 0 Å². The molecule has 0 amide bonds. The topological polar surface area (TPSA) is 0 Å². The summed E-state index contributed by atoms with van der Waals surface area (Å²) in [7, 11) is 0. The summed E-state index contributed by atoms with van der Waals surface area (Å²) in [6, 6.07) is 0. The van der Waals surface area contributed by atoms with Crippen molar-refractivity contribution >= 4 is 0 Å². The minimum absolute atomic E-state index is 0.386. The lowest BCUT2D eigenvalue weighted by molar-refractivity contribution is 0.518. The molecule has 0 aliphatic heterocycles. The van der Waals surface area contributed by atoms with Gasteiger partial charge in [-0.1, -0.05) is 109 Å². The molecule has 4 unspecified atom stereocenters. The molecule has 12 aliphatic carbocycles. The van der Waals surface area contributed by atoms with E-state index in [1.807, 2.05) is 0 Å². The van der Waals surface area contributed by atoms with Crippen molar-refractivity contribution in [2.75, 3.05) is 0 Å². The lowest BCUT2D eigenvalue weighted by atomic mass is 9.57. The van der Waals surface area contributed by atoms with Crippen molar-refractivity contribution < 1.29 is 0 Å². The van der Waals surface area contributed by atoms with E-state index in [2.05, 4.69) is 109 Å². The van der Waals surface area contributed by atoms with E-state index in [1.165, 1.54) is 88.2 Å². The maximum absolute atomic E-state index is 2.59. The highest BCUT2D eigenvalue weighted by Gasteiger charge is 2.45. The Morgan fingerprint density at radius 3 is 1.37 bits per heavy atom. The molecule has 0 bridgehead atoms. The van der Waals surface area contributed by atoms with Crippen molar-refractivity contribution in [2.24, 2.45) is 23.7 Å². The molecule has 52 heavy (non-hydrogen) atoms. The van der Waals surface area contributed by atoms with E-state index in [1.54, 1.807) is 89.2 Å². The highest BCUT2D eigenvalue weighted by molar-refractivity contribution is 5.71. The normalized spacial score (nSPS) is 31.8. The van der Waals surface area contributed by atoms with Crippen LogP contribution < -0.4 is 0 Å². The molecule has 4 atom stereocenters. The van der Waals surface area contributed by atoms with E-state index < -0.39 is 0 Å². The molecular formula is C52H46. The van der Waals surface area contributed by atoms with Gasteiger partial charge >= 0.3 is 0 Å². The zero-order valence-corrected chi connectivity index (χ0v) is 30.2. The van der Waals surface area contributed by atoms with Crippen LogP contribution >= 0.6 is 0 Å². The third-order valence-corrected chi connectivity index (χ3v) is 14.5. The summed E-state index contributed by atoms with van der Waals surface area (Å²) in [5, 5.41) is 0. The predicted octanol–water partition coefficient (Wildman–Crippen LogP) is 13.0. The van der Waals surface area contributed by atoms with Crippen molar-refractivity contribution in [3.63, 3.8) is 0 Å². The average molecular weight is 671 g/mol. The van der Waals surface area contributed by atoms with Crippen LogP contribution in [0.4, 0.5) is 0 Å². The van der Waals surface area contributed by atoms with Gasteiger partial charge in [-0.25, -0.2) is 0 Å². The lowest BCUT2D eigenvalue weighted by Crippen LogP contribution is -2.34. The Bertz CT molecular complexity index is 2210. The molecule has 0 aromatic rings. The number of hydrogen-bond donors (Lipinski definition) is 0. The minimum atomic E-state index is 0.386. The van der Waals surface area contributed by atoms with Crippen molar-refractivity contribution in [1.29, 1.82) is 0 Å². The van der Waals surface area contributed by atoms with E-state index in [-0.39, 0.29) is 0 Å². The molecule has 0 nitrogen and oxygen atoms in total. The molecule has 0 aromatic carbocycles. The van der Waals surface area contributed by atoms with Crippen molar-refractivity contribution in [1.82, 2.24) is 0 Å². The van der Waals surface area contributed by atoms with Gasteiger partial charge in [-0.3, -0.25) is 0 Å². The standard InChI is InChI=1S/C52H46/c1-3-7-37-29-39(11-9-31(37)5-1)41-21-13-33-19-27-47-43(23-15-35-17-25-45(41)49(33)51(35)47)44-24-16-36-18-26-46-42(22-14-34-20-28-48(44)52(36)50(34)46)40-12-10-32-6-2-4-8-38(32)30-40/h1-2,5-6,15-20,23-30,47-48,51-52H,3-4,7-14,21-22H2. The number of hydrogen-bond acceptors (Lipinski definition) is 0. The summed E-state index contributed by atoms with van der Waals surface area (Å²) in [6.07, 6.45) is 59.2. The third kappa shape index (κ3) is 4.33. The van der Waals surface area contributed by atoms with Crippen molar-refractivity contribution in [3.05, 3.63) is 210 Å². The Balaban J connectivity index is 0.904. The Hall–Kier alpha value is -4.68. The second kappa shape index (κ2) is 11.4. The first-order valence-corrected chi connectivity index (χ1v) is 20.5. The first-order chi connectivity index (χ1) is 25.8. The van der Waals surface area contributed by atoms with Gasteiger partial charge < -0.3 is 0 Å². The number of allylic oxidation sites excluding steroid dienone is 36. The van der Waals surface area contributed by atoms with Gasteiger partial charge in [0, 0.05) is 23.7 Å². The summed E-state index contributed by atoms with van der Waals surface area (Å²) in [6.45, 7) is 0. The van der Waals surface area contributed by atoms with Gasteiger partial charge in [0.05, 0.1) is 0 Å². The van der Waals surface area contributed by atoms with Crippen LogP contribution in [0.5, 0.6) is 0 Å². The van der Waals surface area contributed by atoms with Crippen molar-refractivity contribution in [2.45, 2.75) is 77.0 Å². The zero-order valence-electron chi connectivity index (χ0n) is 30.2. The largest absolute Gasteiger partial charge is 0.0839 e. The summed E-state index contributed by atoms with van der Waals surface area (Å²) < 4.78 is 0. The van der Waals surface area contributed by atoms with Crippen LogP contribution in [-0.4, -0.2) is 0 Å². The van der Waals surface area contributed by atoms with Gasteiger partial charge in [0.15, 0.2) is 0 Å². The highest BCUT2D eigenvalue weighted by atomic mass is 14.5. The second-order valence-corrected chi connectivity index (χ2v) is 17.0. The zero-order chi connectivity index (χ0) is 33.9. The molecule has 0 radical (unpaired) electrons. The van der Waals surface area contributed by atoms with Crippen LogP contribution in [0.1, 0.15) is 77.0 Å². The van der Waals surface area contributed by atoms with Gasteiger partial charge in [-0.15, -0.1) is 0 Å². The predicted molar refractivity (Wildman–Crippen MR) is 215 cm³/mol. The lowest BCUT2D eigenvalue weighted by Gasteiger charge is -2.46. The van der Waals surface area contributed by atoms with Gasteiger partial charge in [-0.2, -0.15) is 0 Å². The van der Waals surface area contributed by atoms with E-state index in [9.17, 15) is 0 Å². The molecule has 0 saturated carbocycles. The molecule has 0 saturated heterocycles. The van der Waals surface area contributed by atoms with E-state index in [0.717, 1.165) is 0 Å². The quantitative estimate of drug-likeness (QED) is 0.280. The fourth-order valence-corrected chi connectivity index (χ4v) is 12.1. The first-order valence-electron chi connectivity index (χ1n) is 20.5. The van der Waals surface area contributed by atoms with Gasteiger partial charge in [0.2, 0.25) is 0 Å². The van der Waals surface area contributed by atoms with Crippen LogP contribution in [0.2, 0.25) is 0 Å². The monoisotopic (exact) mass is 670 g/mol. The molecule has 0 fully saturated rings. The fourth-order valence-electron chi connectivity index (χ4n) is 12.1. The van der Waals surface area contributed by atoms with E-state index in [0.29, 0.717) is 23.7 Å². The number of rotatable bonds is 3. The summed E-state index contributed by atoms with van der Waals surface area (Å²) >= 11 is 0. The van der Waals surface area contributed by atoms with Crippen LogP contribution in [0, 0.1) is 23.7 Å². The molecule has 0 spiro atoms. The average Bonchev–Trinajstić information content (AvgIpc) is 3.21. The van der Waals surface area contributed by atoms with Crippen LogP contribution in [-0.2, 0) is 0 Å². The fraction of sp³-hybridized carbons (Fsp3) is 0.308. The van der Waals surface area contributed by atoms with E-state index in [4.69, 9.17) is 0 Å². The Morgan fingerprint density at radius 1 is 0.385 bits per heavy atom. The molecule has 12 aliphatic rings. The van der Waals surface area contributed by atoms with E-state index >= 15 is 0 Å². The summed E-state index contributed by atoms with van der Waals surface area (Å²) in [5.41, 5.74) is 28.6. The SMILES string of the molecule is C1=CC2=C(C=C(C3=C4C=CC5=CC=C(C6=CC=C7C=CC8=C(C9=CC%10=C(C=CCC%10)CC9)CCC9=C8C7C6C=C9)C6C=CC(=C4C56)CC3)CC2)CC1. The molecular weight excluding hydrogens is 625 g/mol. The maximum atomic E-state index is 2.59. The molecule has 0 N–H and O–H groups in total. The Morgan fingerprint density at radius 2 is 0.865 bits per heavy atom. The molecule has 0 heteroatoms. The minimum Gasteiger partial charge on any atom is -0.0839 e. The highest BCUT2D eigenvalue weighted by Crippen LogP contribution is 2.58. The van der Waals surface area contributed by atoms with Crippen molar-refractivity contribution in [3.8, 4) is 0 Å². The third-order valence-electron chi connectivity index (χ3n) is 14.5. The maximum Gasteiger partial charge on any atom is 0.0202 e. The second-order valence-electron chi connectivity index (χ2n) is 17.0. The van der Waals surface area contributed by atoms with Crippen LogP contribution in [0.3, 0.4) is 0 Å². The van der Waals surface area contributed by atoms with Crippen LogP contribution in [0.15, 0.2) is 210 Å². The first kappa shape index (κ1) is 29.9.